The van der Waals surface area contributed by atoms with E-state index in [1.54, 1.807) is 25.1 Å². The molecule has 4 aromatic rings. The number of phenolic OH excluding ortho intramolecular Hbond substituents is 1. The fourth-order valence-corrected chi connectivity index (χ4v) is 3.30. The summed E-state index contributed by atoms with van der Waals surface area (Å²) < 4.78 is 12.2. The summed E-state index contributed by atoms with van der Waals surface area (Å²) in [6, 6.07) is 15.5. The number of ether oxygens (including phenoxy) is 1. The second-order valence-electron chi connectivity index (χ2n) is 6.51. The van der Waals surface area contributed by atoms with Crippen LogP contribution in [0.4, 0.5) is 11.4 Å². The molecule has 4 rings (SSSR count). The Morgan fingerprint density at radius 2 is 2.00 bits per heavy atom. The Balaban J connectivity index is 1.67. The van der Waals surface area contributed by atoms with E-state index in [0.717, 1.165) is 9.13 Å². The van der Waals surface area contributed by atoms with Crippen LogP contribution in [0.1, 0.15) is 12.5 Å². The minimum Gasteiger partial charge on any atom is -0.504 e. The molecule has 1 heterocycles. The van der Waals surface area contributed by atoms with Crippen molar-refractivity contribution in [3.8, 4) is 23.0 Å². The third-order valence-electron chi connectivity index (χ3n) is 4.41. The molecule has 0 saturated carbocycles. The molecule has 0 aliphatic heterocycles. The lowest BCUT2D eigenvalue weighted by Crippen LogP contribution is -1.97. The van der Waals surface area contributed by atoms with Gasteiger partial charge in [0, 0.05) is 27.0 Å². The smallest absolute Gasteiger partial charge is 0.274 e. The predicted molar refractivity (Wildman–Crippen MR) is 125 cm³/mol. The number of non-ortho nitro benzene ring substituents is 1. The predicted octanol–water partition coefficient (Wildman–Crippen LogP) is 5.86. The molecule has 9 heteroatoms. The van der Waals surface area contributed by atoms with Gasteiger partial charge >= 0.3 is 0 Å². The van der Waals surface area contributed by atoms with Crippen molar-refractivity contribution in [1.29, 1.82) is 0 Å². The molecule has 0 atom stereocenters. The van der Waals surface area contributed by atoms with Crippen LogP contribution < -0.4 is 4.74 Å². The molecule has 0 bridgehead atoms. The van der Waals surface area contributed by atoms with Crippen molar-refractivity contribution in [3.05, 3.63) is 73.8 Å². The van der Waals surface area contributed by atoms with Crippen LogP contribution in [0.25, 0.3) is 22.6 Å². The third kappa shape index (κ3) is 4.50. The van der Waals surface area contributed by atoms with E-state index in [1.165, 1.54) is 18.3 Å². The van der Waals surface area contributed by atoms with E-state index in [1.807, 2.05) is 24.3 Å². The van der Waals surface area contributed by atoms with Crippen LogP contribution in [-0.2, 0) is 0 Å². The Labute approximate surface area is 190 Å². The van der Waals surface area contributed by atoms with Gasteiger partial charge in [0.15, 0.2) is 17.1 Å². The molecule has 0 aliphatic carbocycles. The van der Waals surface area contributed by atoms with Gasteiger partial charge in [0.2, 0.25) is 5.89 Å². The highest BCUT2D eigenvalue weighted by molar-refractivity contribution is 14.1. The van der Waals surface area contributed by atoms with Crippen molar-refractivity contribution < 1.29 is 19.2 Å². The first kappa shape index (κ1) is 20.8. The zero-order chi connectivity index (χ0) is 22.0. The third-order valence-corrected chi connectivity index (χ3v) is 5.13. The molecule has 0 aliphatic rings. The van der Waals surface area contributed by atoms with Crippen molar-refractivity contribution in [1.82, 2.24) is 4.98 Å². The Bertz CT molecular complexity index is 1300. The number of aromatic hydroxyl groups is 1. The number of phenols is 1. The van der Waals surface area contributed by atoms with E-state index in [0.29, 0.717) is 22.7 Å². The van der Waals surface area contributed by atoms with Gasteiger partial charge in [0.1, 0.15) is 5.52 Å². The van der Waals surface area contributed by atoms with Crippen LogP contribution in [0.15, 0.2) is 64.0 Å². The van der Waals surface area contributed by atoms with Gasteiger partial charge in [0.25, 0.3) is 5.69 Å². The van der Waals surface area contributed by atoms with Gasteiger partial charge in [-0.05, 0) is 72.0 Å². The first-order chi connectivity index (χ1) is 14.9. The maximum absolute atomic E-state index is 11.2. The molecule has 31 heavy (non-hydrogen) atoms. The van der Waals surface area contributed by atoms with E-state index in [9.17, 15) is 15.2 Å². The fourth-order valence-electron chi connectivity index (χ4n) is 2.94. The van der Waals surface area contributed by atoms with Gasteiger partial charge < -0.3 is 14.3 Å². The number of benzene rings is 3. The maximum atomic E-state index is 11.2. The zero-order valence-corrected chi connectivity index (χ0v) is 18.4. The number of nitrogens with zero attached hydrogens (tertiary/aromatic N) is 3. The fraction of sp³-hybridized carbons (Fsp3) is 0.0909. The molecular weight excluding hydrogens is 513 g/mol. The second kappa shape index (κ2) is 8.72. The van der Waals surface area contributed by atoms with Gasteiger partial charge in [-0.2, -0.15) is 0 Å². The standard InChI is InChI=1S/C22H16IN3O5/c1-2-30-20-11-17(26(28)29)9-14(21(20)27)12-24-16-7-8-19-18(10-16)25-22(31-19)13-3-5-15(23)6-4-13/h3-12,27H,2H2,1H3. The minimum absolute atomic E-state index is 0.0345. The average Bonchev–Trinajstić information content (AvgIpc) is 3.18. The van der Waals surface area contributed by atoms with E-state index in [4.69, 9.17) is 9.15 Å². The lowest BCUT2D eigenvalue weighted by molar-refractivity contribution is -0.385. The monoisotopic (exact) mass is 529 g/mol. The van der Waals surface area contributed by atoms with Crippen LogP contribution in [-0.4, -0.2) is 27.8 Å². The Morgan fingerprint density at radius 1 is 1.23 bits per heavy atom. The summed E-state index contributed by atoms with van der Waals surface area (Å²) >= 11 is 2.23. The molecular formula is C22H16IN3O5. The number of nitro groups is 1. The largest absolute Gasteiger partial charge is 0.504 e. The van der Waals surface area contributed by atoms with Crippen LogP contribution in [0, 0.1) is 13.7 Å². The van der Waals surface area contributed by atoms with Gasteiger partial charge in [-0.15, -0.1) is 0 Å². The van der Waals surface area contributed by atoms with Crippen molar-refractivity contribution in [2.75, 3.05) is 6.61 Å². The summed E-state index contributed by atoms with van der Waals surface area (Å²) in [5.74, 6) is 0.331. The van der Waals surface area contributed by atoms with Crippen LogP contribution >= 0.6 is 22.6 Å². The Kier molecular flexibility index (Phi) is 5.85. The van der Waals surface area contributed by atoms with Gasteiger partial charge in [-0.1, -0.05) is 0 Å². The summed E-state index contributed by atoms with van der Waals surface area (Å²) in [4.78, 5) is 19.5. The first-order valence-electron chi connectivity index (χ1n) is 9.29. The molecule has 1 aromatic heterocycles. The number of hydrogen-bond acceptors (Lipinski definition) is 7. The number of nitro benzene ring substituents is 1. The number of fused-ring (bicyclic) bond motifs is 1. The van der Waals surface area contributed by atoms with Gasteiger partial charge in [-0.3, -0.25) is 15.1 Å². The summed E-state index contributed by atoms with van der Waals surface area (Å²) in [7, 11) is 0. The Hall–Kier alpha value is -3.47. The number of aliphatic imine (C=N–C) groups is 1. The lowest BCUT2D eigenvalue weighted by Gasteiger charge is -2.07. The highest BCUT2D eigenvalue weighted by Gasteiger charge is 2.16. The van der Waals surface area contributed by atoms with Gasteiger partial charge in [-0.25, -0.2) is 4.98 Å². The summed E-state index contributed by atoms with van der Waals surface area (Å²) in [5, 5.41) is 21.5. The SMILES string of the molecule is CCOc1cc([N+](=O)[O-])cc(C=Nc2ccc3oc(-c4ccc(I)cc4)nc3c2)c1O. The highest BCUT2D eigenvalue weighted by atomic mass is 127. The molecule has 8 nitrogen and oxygen atoms in total. The normalized spacial score (nSPS) is 11.3. The quantitative estimate of drug-likeness (QED) is 0.145. The first-order valence-corrected chi connectivity index (χ1v) is 10.4. The highest BCUT2D eigenvalue weighted by Crippen LogP contribution is 2.34. The lowest BCUT2D eigenvalue weighted by atomic mass is 10.1. The van der Waals surface area contributed by atoms with E-state index in [2.05, 4.69) is 32.6 Å². The van der Waals surface area contributed by atoms with Crippen LogP contribution in [0.3, 0.4) is 0 Å². The average molecular weight is 529 g/mol. The summed E-state index contributed by atoms with van der Waals surface area (Å²) in [6.45, 7) is 1.99. The molecule has 0 amide bonds. The number of rotatable bonds is 6. The Morgan fingerprint density at radius 3 is 2.71 bits per heavy atom. The summed E-state index contributed by atoms with van der Waals surface area (Å²) in [6.07, 6.45) is 1.35. The molecule has 3 aromatic carbocycles. The van der Waals surface area contributed by atoms with Crippen LogP contribution in [0.5, 0.6) is 11.5 Å². The maximum Gasteiger partial charge on any atom is 0.274 e. The van der Waals surface area contributed by atoms with Gasteiger partial charge in [0.05, 0.1) is 23.3 Å². The van der Waals surface area contributed by atoms with Crippen LogP contribution in [0.2, 0.25) is 0 Å². The molecule has 0 saturated heterocycles. The number of aromatic nitrogens is 1. The van der Waals surface area contributed by atoms with Crippen molar-refractivity contribution >= 4 is 51.3 Å². The topological polar surface area (TPSA) is 111 Å². The molecule has 0 spiro atoms. The number of oxazole rings is 1. The molecule has 156 valence electrons. The molecule has 0 radical (unpaired) electrons. The minimum atomic E-state index is -0.549. The molecule has 0 fully saturated rings. The van der Waals surface area contributed by atoms with E-state index < -0.39 is 4.92 Å². The zero-order valence-electron chi connectivity index (χ0n) is 16.3. The molecule has 1 N–H and O–H groups in total. The van der Waals surface area contributed by atoms with E-state index >= 15 is 0 Å². The van der Waals surface area contributed by atoms with Crippen molar-refractivity contribution in [3.63, 3.8) is 0 Å². The second-order valence-corrected chi connectivity index (χ2v) is 7.75. The van der Waals surface area contributed by atoms with Crippen molar-refractivity contribution in [2.24, 2.45) is 4.99 Å². The molecule has 0 unspecified atom stereocenters. The number of hydrogen-bond donors (Lipinski definition) is 1. The van der Waals surface area contributed by atoms with E-state index in [-0.39, 0.29) is 29.4 Å². The number of halogens is 1. The summed E-state index contributed by atoms with van der Waals surface area (Å²) in [5.41, 5.74) is 2.64. The van der Waals surface area contributed by atoms with Crippen molar-refractivity contribution in [2.45, 2.75) is 6.92 Å².